The number of aromatic nitrogens is 3. The Morgan fingerprint density at radius 1 is 0.919 bits per heavy atom. The molecule has 1 N–H and O–H groups in total. The molecule has 74 heavy (non-hydrogen) atoms. The molecule has 0 spiro atoms. The summed E-state index contributed by atoms with van der Waals surface area (Å²) < 4.78 is 46.1. The number of aliphatic imine (C=N–C) groups is 1. The van der Waals surface area contributed by atoms with Gasteiger partial charge in [0.25, 0.3) is 0 Å². The summed E-state index contributed by atoms with van der Waals surface area (Å²) >= 11 is 20.5. The van der Waals surface area contributed by atoms with Crippen LogP contribution in [0.5, 0.6) is 5.75 Å². The van der Waals surface area contributed by atoms with Crippen LogP contribution in [0.3, 0.4) is 0 Å². The number of aryl methyl sites for hydroxylation is 2. The second-order valence-corrected chi connectivity index (χ2v) is 22.8. The van der Waals surface area contributed by atoms with Crippen molar-refractivity contribution in [2.45, 2.75) is 116 Å². The molecule has 1 saturated heterocycles. The average Bonchev–Trinajstić information content (AvgIpc) is 3.96. The Labute approximate surface area is 450 Å². The van der Waals surface area contributed by atoms with Gasteiger partial charge in [-0.05, 0) is 93.0 Å². The molecular formula is C58H58Cl3F2N5O5S. The predicted octanol–water partition coefficient (Wildman–Crippen LogP) is 13.1. The van der Waals surface area contributed by atoms with Crippen LogP contribution in [0.4, 0.5) is 8.78 Å². The lowest BCUT2D eigenvalue weighted by Crippen LogP contribution is -2.44. The third-order valence-corrected chi connectivity index (χ3v) is 16.0. The summed E-state index contributed by atoms with van der Waals surface area (Å²) in [6, 6.07) is 18.9. The van der Waals surface area contributed by atoms with E-state index in [4.69, 9.17) is 55.7 Å². The Balaban J connectivity index is 0.893. The first-order chi connectivity index (χ1) is 35.3. The molecule has 2 aliphatic rings. The van der Waals surface area contributed by atoms with Gasteiger partial charge < -0.3 is 14.8 Å². The molecule has 1 fully saturated rings. The van der Waals surface area contributed by atoms with E-state index in [0.717, 1.165) is 38.1 Å². The third kappa shape index (κ3) is 11.2. The van der Waals surface area contributed by atoms with Crippen LogP contribution in [0.25, 0.3) is 5.00 Å². The van der Waals surface area contributed by atoms with Gasteiger partial charge >= 0.3 is 0 Å². The number of nitrogens with one attached hydrogen (secondary N) is 1. The van der Waals surface area contributed by atoms with Gasteiger partial charge in [-0.15, -0.1) is 28.0 Å². The fourth-order valence-corrected chi connectivity index (χ4v) is 12.1. The van der Waals surface area contributed by atoms with E-state index >= 15 is 8.78 Å². The van der Waals surface area contributed by atoms with Crippen molar-refractivity contribution in [3.8, 4) is 23.1 Å². The van der Waals surface area contributed by atoms with Gasteiger partial charge in [-0.2, -0.15) is 0 Å². The first-order valence-electron chi connectivity index (χ1n) is 24.6. The summed E-state index contributed by atoms with van der Waals surface area (Å²) in [5, 5.41) is 14.0. The summed E-state index contributed by atoms with van der Waals surface area (Å²) in [5.41, 5.74) is 2.96. The number of ketones is 3. The molecule has 10 nitrogen and oxygen atoms in total. The van der Waals surface area contributed by atoms with Crippen LogP contribution in [0.15, 0.2) is 83.9 Å². The Hall–Kier alpha value is -5.59. The van der Waals surface area contributed by atoms with Gasteiger partial charge in [-0.3, -0.25) is 23.9 Å². The monoisotopic (exact) mass is 1080 g/mol. The van der Waals surface area contributed by atoms with Gasteiger partial charge in [0.05, 0.1) is 29.3 Å². The maximum Gasteiger partial charge on any atom is 0.163 e. The van der Waals surface area contributed by atoms with E-state index in [-0.39, 0.29) is 69.6 Å². The number of carbonyl (C=O) groups excluding carboxylic acids is 3. The first kappa shape index (κ1) is 54.7. The quantitative estimate of drug-likeness (QED) is 0.0483. The van der Waals surface area contributed by atoms with Crippen LogP contribution in [0, 0.1) is 50.2 Å². The fourth-order valence-electron chi connectivity index (χ4n) is 10.4. The maximum atomic E-state index is 16.3. The zero-order valence-corrected chi connectivity index (χ0v) is 45.5. The third-order valence-electron chi connectivity index (χ3n) is 14.0. The number of ether oxygens (including phenoxy) is 2. The molecule has 8 rings (SSSR count). The molecule has 16 heteroatoms. The zero-order valence-electron chi connectivity index (χ0n) is 42.4. The summed E-state index contributed by atoms with van der Waals surface area (Å²) in [7, 11) is 1.45. The molecule has 0 bridgehead atoms. The lowest BCUT2D eigenvalue weighted by Gasteiger charge is -2.39. The SMILES string of the molecule is C#C[C@]1(c2ccc(Cl)cc2F)[C@H](CC(C)(C)C)NC(C(=O)Cc2ccc(C(=O)CCCOCCCC(=O)C[C@@H]3N=C(c4ccc(Cl)cc4)c4c(sc(C)c4C)-n4c(C)nnc43)cc2OC)[C@@H]1c1cccc(Cl)c1F. The lowest BCUT2D eigenvalue weighted by atomic mass is 9.62. The van der Waals surface area contributed by atoms with Crippen LogP contribution in [-0.2, 0) is 26.2 Å². The Morgan fingerprint density at radius 2 is 1.64 bits per heavy atom. The van der Waals surface area contributed by atoms with Crippen molar-refractivity contribution < 1.29 is 32.6 Å². The van der Waals surface area contributed by atoms with Gasteiger partial charge in [0.2, 0.25) is 0 Å². The standard InChI is InChI=1S/C58H58Cl3F2N5O5S/c1-9-58(42-24-23-39(60)29-44(42)62)49(31-57(5,6)7)65-54(51(58)41-14-10-15-43(61)52(41)63)47(71)27-37-18-17-36(28-48(37)72-8)46(70)16-12-26-73-25-11-13-40(69)30-45-55-67-66-34(4)68(55)56-50(32(2)33(3)74-56)53(64-45)35-19-21-38(59)22-20-35/h1,10,14-15,17-24,28-29,45,49,51,54,65H,11-13,16,25-27,30-31H2,2-8H3/t45-,49-,51-,54?,58-/m0/s1. The molecule has 6 aromatic rings. The summed E-state index contributed by atoms with van der Waals surface area (Å²) in [6.07, 6.45) is 8.22. The summed E-state index contributed by atoms with van der Waals surface area (Å²) in [6.45, 7) is 12.7. The molecule has 2 aromatic heterocycles. The number of fused-ring (bicyclic) bond motifs is 3. The van der Waals surface area contributed by atoms with Gasteiger partial charge in [-0.1, -0.05) is 104 Å². The van der Waals surface area contributed by atoms with E-state index in [0.29, 0.717) is 60.2 Å². The summed E-state index contributed by atoms with van der Waals surface area (Å²) in [5.74, 6) is 1.54. The number of halogens is 5. The highest BCUT2D eigenvalue weighted by Gasteiger charge is 2.59. The van der Waals surface area contributed by atoms with Crippen LogP contribution in [0.1, 0.15) is 132 Å². The molecule has 1 unspecified atom stereocenters. The second-order valence-electron chi connectivity index (χ2n) is 20.3. The molecule has 4 heterocycles. The van der Waals surface area contributed by atoms with E-state index < -0.39 is 41.1 Å². The van der Waals surface area contributed by atoms with E-state index in [1.807, 2.05) is 56.5 Å². The average molecular weight is 1080 g/mol. The van der Waals surface area contributed by atoms with Crippen molar-refractivity contribution in [1.82, 2.24) is 20.1 Å². The molecule has 0 amide bonds. The topological polar surface area (TPSA) is 125 Å². The molecule has 386 valence electrons. The number of benzene rings is 4. The Kier molecular flexibility index (Phi) is 16.8. The maximum absolute atomic E-state index is 16.3. The fraction of sp³-hybridized carbons (Fsp3) is 0.379. The Bertz CT molecular complexity index is 3200. The number of nitrogens with zero attached hydrogens (tertiary/aromatic N) is 4. The highest BCUT2D eigenvalue weighted by molar-refractivity contribution is 7.15. The van der Waals surface area contributed by atoms with E-state index in [1.54, 1.807) is 35.6 Å². The number of carbonyl (C=O) groups is 3. The van der Waals surface area contributed by atoms with Crippen molar-refractivity contribution >= 4 is 69.2 Å². The minimum absolute atomic E-state index is 0.0190. The van der Waals surface area contributed by atoms with Crippen LogP contribution in [0.2, 0.25) is 15.1 Å². The van der Waals surface area contributed by atoms with Crippen LogP contribution < -0.4 is 10.1 Å². The highest BCUT2D eigenvalue weighted by Crippen LogP contribution is 2.53. The van der Waals surface area contributed by atoms with Gasteiger partial charge in [0.1, 0.15) is 40.0 Å². The molecule has 0 aliphatic carbocycles. The number of rotatable bonds is 19. The minimum atomic E-state index is -1.55. The van der Waals surface area contributed by atoms with E-state index in [9.17, 15) is 14.4 Å². The van der Waals surface area contributed by atoms with Crippen molar-refractivity contribution in [1.29, 1.82) is 0 Å². The second kappa shape index (κ2) is 22.7. The van der Waals surface area contributed by atoms with Gasteiger partial charge in [0, 0.05) is 93.6 Å². The van der Waals surface area contributed by atoms with E-state index in [2.05, 4.69) is 35.3 Å². The smallest absolute Gasteiger partial charge is 0.163 e. The highest BCUT2D eigenvalue weighted by atomic mass is 35.5. The lowest BCUT2D eigenvalue weighted by molar-refractivity contribution is -0.121. The molecule has 0 saturated carbocycles. The molecular weight excluding hydrogens is 1020 g/mol. The molecule has 0 radical (unpaired) electrons. The van der Waals surface area contributed by atoms with Gasteiger partial charge in [0.15, 0.2) is 17.4 Å². The number of Topliss-reactive ketones (excluding diaryl/α,β-unsaturated/α-hetero) is 3. The molecule has 4 aromatic carbocycles. The number of hydrogen-bond acceptors (Lipinski definition) is 10. The normalized spacial score (nSPS) is 19.3. The number of terminal acetylenes is 1. The zero-order chi connectivity index (χ0) is 53.2. The molecule has 2 aliphatic heterocycles. The van der Waals surface area contributed by atoms with Crippen LogP contribution in [-0.4, -0.2) is 70.2 Å². The Morgan fingerprint density at radius 3 is 2.32 bits per heavy atom. The summed E-state index contributed by atoms with van der Waals surface area (Å²) in [4.78, 5) is 48.2. The minimum Gasteiger partial charge on any atom is -0.496 e. The van der Waals surface area contributed by atoms with Gasteiger partial charge in [-0.25, -0.2) is 8.78 Å². The van der Waals surface area contributed by atoms with Crippen molar-refractivity contribution in [2.24, 2.45) is 10.4 Å². The van der Waals surface area contributed by atoms with Crippen molar-refractivity contribution in [3.63, 3.8) is 0 Å². The predicted molar refractivity (Wildman–Crippen MR) is 289 cm³/mol. The van der Waals surface area contributed by atoms with Crippen molar-refractivity contribution in [2.75, 3.05) is 20.3 Å². The van der Waals surface area contributed by atoms with Crippen LogP contribution >= 0.6 is 46.1 Å². The largest absolute Gasteiger partial charge is 0.496 e. The number of methoxy groups -OCH3 is 1. The number of thiophene rings is 1. The first-order valence-corrected chi connectivity index (χ1v) is 26.5. The number of hydrogen-bond donors (Lipinski definition) is 1. The van der Waals surface area contributed by atoms with Crippen molar-refractivity contribution in [3.05, 3.63) is 161 Å². The molecule has 5 atom stereocenters. The van der Waals surface area contributed by atoms with E-state index in [1.165, 1.54) is 37.4 Å².